The lowest BCUT2D eigenvalue weighted by Gasteiger charge is -2.17. The van der Waals surface area contributed by atoms with Crippen molar-refractivity contribution < 1.29 is 22.9 Å². The summed E-state index contributed by atoms with van der Waals surface area (Å²) in [7, 11) is 0. The third-order valence-corrected chi connectivity index (χ3v) is 4.81. The largest absolute Gasteiger partial charge is 0.417 e. The van der Waals surface area contributed by atoms with Crippen LogP contribution < -0.4 is 4.90 Å². The van der Waals surface area contributed by atoms with Gasteiger partial charge in [0.2, 0.25) is 5.91 Å². The summed E-state index contributed by atoms with van der Waals surface area (Å²) in [6, 6.07) is 6.48. The van der Waals surface area contributed by atoms with Crippen LogP contribution in [0.2, 0.25) is 0 Å². The molecule has 1 amide bonds. The number of anilines is 1. The number of halogens is 3. The zero-order chi connectivity index (χ0) is 18.9. The number of fused-ring (bicyclic) bond motifs is 1. The molecule has 0 aliphatic carbocycles. The van der Waals surface area contributed by atoms with Crippen molar-refractivity contribution in [1.82, 2.24) is 4.98 Å². The molecule has 3 rings (SSSR count). The number of hydrogen-bond donors (Lipinski definition) is 0. The second kappa shape index (κ2) is 6.94. The Kier molecular flexibility index (Phi) is 4.86. The van der Waals surface area contributed by atoms with Crippen molar-refractivity contribution >= 4 is 29.0 Å². The molecule has 1 aliphatic heterocycles. The maximum Gasteiger partial charge on any atom is 0.417 e. The molecule has 2 aromatic rings. The van der Waals surface area contributed by atoms with Gasteiger partial charge in [-0.15, -0.1) is 0 Å². The average molecular weight is 383 g/mol. The SMILES string of the molecule is O=C(CSc1ccc(C(F)(F)F)cn1)N1CCc2cc([N+](=O)[O-])ccc21. The first-order valence-electron chi connectivity index (χ1n) is 7.49. The van der Waals surface area contributed by atoms with Gasteiger partial charge in [0.1, 0.15) is 0 Å². The fourth-order valence-corrected chi connectivity index (χ4v) is 3.33. The number of non-ortho nitro benzene ring substituents is 1. The number of nitro groups is 1. The van der Waals surface area contributed by atoms with E-state index in [2.05, 4.69) is 4.98 Å². The van der Waals surface area contributed by atoms with E-state index in [9.17, 15) is 28.1 Å². The molecule has 0 saturated carbocycles. The number of pyridine rings is 1. The number of nitro benzene ring substituents is 1. The van der Waals surface area contributed by atoms with E-state index in [-0.39, 0.29) is 17.3 Å². The van der Waals surface area contributed by atoms with E-state index in [4.69, 9.17) is 0 Å². The number of carbonyl (C=O) groups is 1. The molecule has 0 radical (unpaired) electrons. The highest BCUT2D eigenvalue weighted by Gasteiger charge is 2.31. The lowest BCUT2D eigenvalue weighted by molar-refractivity contribution is -0.384. The van der Waals surface area contributed by atoms with Gasteiger partial charge in [-0.25, -0.2) is 4.98 Å². The number of carbonyl (C=O) groups excluding carboxylic acids is 1. The standard InChI is InChI=1S/C16H12F3N3O3S/c17-16(18,19)11-1-4-14(20-8-11)26-9-15(23)21-6-5-10-7-12(22(24)25)2-3-13(10)21/h1-4,7-8H,5-6,9H2. The van der Waals surface area contributed by atoms with Gasteiger partial charge in [-0.2, -0.15) is 13.2 Å². The number of amides is 1. The van der Waals surface area contributed by atoms with Crippen molar-refractivity contribution in [2.45, 2.75) is 17.6 Å². The highest BCUT2D eigenvalue weighted by molar-refractivity contribution is 7.99. The quantitative estimate of drug-likeness (QED) is 0.457. The molecule has 26 heavy (non-hydrogen) atoms. The molecule has 0 saturated heterocycles. The van der Waals surface area contributed by atoms with Crippen LogP contribution in [0, 0.1) is 10.1 Å². The maximum absolute atomic E-state index is 12.5. The second-order valence-corrected chi connectivity index (χ2v) is 6.53. The average Bonchev–Trinajstić information content (AvgIpc) is 3.02. The third kappa shape index (κ3) is 3.79. The van der Waals surface area contributed by atoms with Crippen molar-refractivity contribution in [1.29, 1.82) is 0 Å². The predicted octanol–water partition coefficient (Wildman–Crippen LogP) is 3.69. The Hall–Kier alpha value is -2.62. The van der Waals surface area contributed by atoms with Crippen LogP contribution >= 0.6 is 11.8 Å². The predicted molar refractivity (Wildman–Crippen MR) is 89.1 cm³/mol. The van der Waals surface area contributed by atoms with Gasteiger partial charge in [0.25, 0.3) is 5.69 Å². The Bertz CT molecular complexity index is 856. The first-order valence-corrected chi connectivity index (χ1v) is 8.48. The fourth-order valence-electron chi connectivity index (χ4n) is 2.61. The molecule has 1 aliphatic rings. The molecule has 0 unspecified atom stereocenters. The van der Waals surface area contributed by atoms with Crippen LogP contribution in [0.1, 0.15) is 11.1 Å². The summed E-state index contributed by atoms with van der Waals surface area (Å²) < 4.78 is 37.5. The summed E-state index contributed by atoms with van der Waals surface area (Å²) in [5.41, 5.74) is 0.483. The topological polar surface area (TPSA) is 76.3 Å². The van der Waals surface area contributed by atoms with Gasteiger partial charge in [-0.3, -0.25) is 14.9 Å². The Labute approximate surface area is 150 Å². The third-order valence-electron chi connectivity index (χ3n) is 3.88. The molecule has 10 heteroatoms. The number of nitrogens with zero attached hydrogens (tertiary/aromatic N) is 3. The van der Waals surface area contributed by atoms with Crippen LogP contribution in [0.4, 0.5) is 24.5 Å². The molecule has 136 valence electrons. The summed E-state index contributed by atoms with van der Waals surface area (Å²) >= 11 is 1.04. The van der Waals surface area contributed by atoms with E-state index in [0.717, 1.165) is 29.6 Å². The van der Waals surface area contributed by atoms with Gasteiger partial charge in [-0.1, -0.05) is 11.8 Å². The minimum absolute atomic E-state index is 0.00872. The summed E-state index contributed by atoms with van der Waals surface area (Å²) in [4.78, 5) is 27.9. The van der Waals surface area contributed by atoms with Gasteiger partial charge >= 0.3 is 6.18 Å². The Morgan fingerprint density at radius 1 is 1.31 bits per heavy atom. The number of aromatic nitrogens is 1. The van der Waals surface area contributed by atoms with Crippen molar-refractivity contribution in [2.24, 2.45) is 0 Å². The van der Waals surface area contributed by atoms with Gasteiger partial charge in [-0.05, 0) is 30.2 Å². The Balaban J connectivity index is 1.64. The number of rotatable bonds is 4. The number of benzene rings is 1. The molecule has 0 spiro atoms. The number of thioether (sulfide) groups is 1. The zero-order valence-electron chi connectivity index (χ0n) is 13.2. The van der Waals surface area contributed by atoms with Crippen molar-refractivity contribution in [3.8, 4) is 0 Å². The zero-order valence-corrected chi connectivity index (χ0v) is 14.0. The highest BCUT2D eigenvalue weighted by atomic mass is 32.2. The number of alkyl halides is 3. The molecule has 0 N–H and O–H groups in total. The molecule has 6 nitrogen and oxygen atoms in total. The van der Waals surface area contributed by atoms with E-state index < -0.39 is 16.7 Å². The molecule has 0 fully saturated rings. The van der Waals surface area contributed by atoms with Gasteiger partial charge in [0.05, 0.1) is 21.3 Å². The van der Waals surface area contributed by atoms with E-state index in [0.29, 0.717) is 23.7 Å². The monoisotopic (exact) mass is 383 g/mol. The smallest absolute Gasteiger partial charge is 0.311 e. The number of hydrogen-bond acceptors (Lipinski definition) is 5. The van der Waals surface area contributed by atoms with Crippen LogP contribution in [0.5, 0.6) is 0 Å². The maximum atomic E-state index is 12.5. The first-order chi connectivity index (χ1) is 12.3. The lowest BCUT2D eigenvalue weighted by Crippen LogP contribution is -2.30. The van der Waals surface area contributed by atoms with E-state index in [1.54, 1.807) is 6.07 Å². The molecule has 1 aromatic carbocycles. The Morgan fingerprint density at radius 3 is 2.69 bits per heavy atom. The van der Waals surface area contributed by atoms with E-state index >= 15 is 0 Å². The van der Waals surface area contributed by atoms with E-state index in [1.165, 1.54) is 23.1 Å². The summed E-state index contributed by atoms with van der Waals surface area (Å²) in [6.45, 7) is 0.413. The summed E-state index contributed by atoms with van der Waals surface area (Å²) in [5.74, 6) is -0.223. The van der Waals surface area contributed by atoms with Crippen LogP contribution in [0.3, 0.4) is 0 Å². The molecular formula is C16H12F3N3O3S. The van der Waals surface area contributed by atoms with E-state index in [1.807, 2.05) is 0 Å². The minimum Gasteiger partial charge on any atom is -0.311 e. The molecular weight excluding hydrogens is 371 g/mol. The summed E-state index contributed by atoms with van der Waals surface area (Å²) in [6.07, 6.45) is -3.20. The minimum atomic E-state index is -4.45. The van der Waals surface area contributed by atoms with Crippen molar-refractivity contribution in [3.63, 3.8) is 0 Å². The van der Waals surface area contributed by atoms with Crippen LogP contribution in [0.25, 0.3) is 0 Å². The van der Waals surface area contributed by atoms with Gasteiger partial charge in [0.15, 0.2) is 0 Å². The lowest BCUT2D eigenvalue weighted by atomic mass is 10.1. The van der Waals surface area contributed by atoms with Crippen molar-refractivity contribution in [3.05, 3.63) is 57.8 Å². The highest BCUT2D eigenvalue weighted by Crippen LogP contribution is 2.32. The molecule has 0 bridgehead atoms. The Morgan fingerprint density at radius 2 is 2.08 bits per heavy atom. The van der Waals surface area contributed by atoms with Crippen molar-refractivity contribution in [2.75, 3.05) is 17.2 Å². The second-order valence-electron chi connectivity index (χ2n) is 5.54. The molecule has 2 heterocycles. The van der Waals surface area contributed by atoms with Crippen LogP contribution in [-0.2, 0) is 17.4 Å². The molecule has 1 aromatic heterocycles. The summed E-state index contributed by atoms with van der Waals surface area (Å²) in [5, 5.41) is 11.1. The first kappa shape index (κ1) is 18.2. The fraction of sp³-hybridized carbons (Fsp3) is 0.250. The van der Waals surface area contributed by atoms with Gasteiger partial charge in [0, 0.05) is 30.6 Å². The van der Waals surface area contributed by atoms with Gasteiger partial charge < -0.3 is 4.90 Å². The van der Waals surface area contributed by atoms with Crippen LogP contribution in [0.15, 0.2) is 41.6 Å². The normalized spacial score (nSPS) is 13.6. The van der Waals surface area contributed by atoms with Crippen LogP contribution in [-0.4, -0.2) is 28.1 Å². The molecule has 0 atom stereocenters.